The summed E-state index contributed by atoms with van der Waals surface area (Å²) in [6.07, 6.45) is 0. The van der Waals surface area contributed by atoms with E-state index in [9.17, 15) is 0 Å². The van der Waals surface area contributed by atoms with Crippen molar-refractivity contribution in [3.8, 4) is 0 Å². The molecule has 0 N–H and O–H groups in total. The van der Waals surface area contributed by atoms with Crippen LogP contribution in [0.15, 0.2) is 0 Å². The van der Waals surface area contributed by atoms with E-state index in [4.69, 9.17) is 8.23 Å². The first-order chi connectivity index (χ1) is 5.63. The topological polar surface area (TPSA) is 18.5 Å². The highest BCUT2D eigenvalue weighted by Crippen LogP contribution is 1.93. The van der Waals surface area contributed by atoms with E-state index in [0.29, 0.717) is 0 Å². The van der Waals surface area contributed by atoms with Crippen molar-refractivity contribution >= 4 is 37.6 Å². The molecule has 4 radical (unpaired) electrons. The van der Waals surface area contributed by atoms with Crippen LogP contribution in [0.5, 0.6) is 0 Å². The lowest BCUT2D eigenvalue weighted by Gasteiger charge is -2.06. The Hall–Kier alpha value is 0.788. The molecule has 0 rings (SSSR count). The third-order valence-corrected chi connectivity index (χ3v) is 7.48. The minimum Gasteiger partial charge on any atom is -0.459 e. The summed E-state index contributed by atoms with van der Waals surface area (Å²) in [7, 11) is -0.0769. The van der Waals surface area contributed by atoms with Gasteiger partial charge in [0.25, 0.3) is 0 Å². The van der Waals surface area contributed by atoms with Gasteiger partial charge in [-0.25, -0.2) is 0 Å². The van der Waals surface area contributed by atoms with Crippen molar-refractivity contribution in [2.75, 3.05) is 0 Å². The first kappa shape index (κ1) is 12.8. The van der Waals surface area contributed by atoms with Crippen molar-refractivity contribution in [3.05, 3.63) is 0 Å². The van der Waals surface area contributed by atoms with Crippen LogP contribution in [0.3, 0.4) is 0 Å². The van der Waals surface area contributed by atoms with E-state index in [0.717, 1.165) is 19.5 Å². The molecule has 0 fully saturated rings. The summed E-state index contributed by atoms with van der Waals surface area (Å²) in [5.41, 5.74) is 0. The smallest absolute Gasteiger partial charge is 0.214 e. The SMILES string of the molecule is C[SiH](C)O[Si]CC[Si]O[SiH](C)C. The largest absolute Gasteiger partial charge is 0.459 e. The zero-order valence-electron chi connectivity index (χ0n) is 8.39. The molecule has 0 amide bonds. The van der Waals surface area contributed by atoms with Crippen LogP contribution in [-0.4, -0.2) is 37.6 Å². The van der Waals surface area contributed by atoms with Crippen LogP contribution < -0.4 is 0 Å². The second-order valence-corrected chi connectivity index (χ2v) is 10.8. The van der Waals surface area contributed by atoms with Gasteiger partial charge in [-0.1, -0.05) is 0 Å². The molecule has 0 bridgehead atoms. The van der Waals surface area contributed by atoms with Gasteiger partial charge in [-0.2, -0.15) is 0 Å². The van der Waals surface area contributed by atoms with E-state index in [1.54, 1.807) is 0 Å². The van der Waals surface area contributed by atoms with Gasteiger partial charge in [0.15, 0.2) is 18.1 Å². The average Bonchev–Trinajstić information content (AvgIpc) is 1.95. The summed E-state index contributed by atoms with van der Waals surface area (Å²) in [5.74, 6) is 0. The van der Waals surface area contributed by atoms with Crippen molar-refractivity contribution in [3.63, 3.8) is 0 Å². The van der Waals surface area contributed by atoms with Crippen molar-refractivity contribution in [1.29, 1.82) is 0 Å². The van der Waals surface area contributed by atoms with E-state index < -0.39 is 18.1 Å². The fourth-order valence-corrected chi connectivity index (χ4v) is 4.98. The molecule has 0 aliphatic rings. The van der Waals surface area contributed by atoms with Crippen LogP contribution in [0.2, 0.25) is 38.3 Å². The molecular weight excluding hydrogens is 216 g/mol. The predicted octanol–water partition coefficient (Wildman–Crippen LogP) is 1.06. The summed E-state index contributed by atoms with van der Waals surface area (Å²) in [4.78, 5) is 0. The van der Waals surface area contributed by atoms with Gasteiger partial charge in [-0.15, -0.1) is 0 Å². The van der Waals surface area contributed by atoms with Gasteiger partial charge < -0.3 is 8.23 Å². The number of hydrogen-bond donors (Lipinski definition) is 0. The Morgan fingerprint density at radius 3 is 1.42 bits per heavy atom. The zero-order chi connectivity index (χ0) is 9.40. The first-order valence-electron chi connectivity index (χ1n) is 4.40. The predicted molar refractivity (Wildman–Crippen MR) is 61.0 cm³/mol. The molecule has 6 heteroatoms. The summed E-state index contributed by atoms with van der Waals surface area (Å²) >= 11 is 0. The van der Waals surface area contributed by atoms with Gasteiger partial charge in [0.1, 0.15) is 0 Å². The Labute approximate surface area is 84.4 Å². The summed E-state index contributed by atoms with van der Waals surface area (Å²) in [5, 5.41) is 0. The van der Waals surface area contributed by atoms with Crippen LogP contribution in [0.4, 0.5) is 0 Å². The fourth-order valence-electron chi connectivity index (χ4n) is 0.553. The second-order valence-electron chi connectivity index (χ2n) is 3.12. The van der Waals surface area contributed by atoms with E-state index >= 15 is 0 Å². The lowest BCUT2D eigenvalue weighted by molar-refractivity contribution is 0.609. The monoisotopic (exact) mass is 234 g/mol. The van der Waals surface area contributed by atoms with Gasteiger partial charge in [-0.05, 0) is 38.3 Å². The lowest BCUT2D eigenvalue weighted by atomic mass is 11.0. The highest BCUT2D eigenvalue weighted by molar-refractivity contribution is 6.58. The Kier molecular flexibility index (Phi) is 8.94. The Morgan fingerprint density at radius 1 is 0.833 bits per heavy atom. The third kappa shape index (κ3) is 10.8. The molecule has 0 aromatic heterocycles. The number of rotatable bonds is 7. The molecule has 0 saturated heterocycles. The summed E-state index contributed by atoms with van der Waals surface area (Å²) in [6.45, 7) is 8.86. The third-order valence-electron chi connectivity index (χ3n) is 0.967. The Bertz CT molecular complexity index is 87.5. The van der Waals surface area contributed by atoms with Crippen LogP contribution in [0, 0.1) is 0 Å². The molecule has 0 aliphatic heterocycles. The summed E-state index contributed by atoms with van der Waals surface area (Å²) in [6, 6.07) is 2.40. The molecule has 0 unspecified atom stereocenters. The van der Waals surface area contributed by atoms with Gasteiger partial charge in [0.2, 0.25) is 19.5 Å². The Morgan fingerprint density at radius 2 is 1.17 bits per heavy atom. The lowest BCUT2D eigenvalue weighted by Crippen LogP contribution is -2.14. The standard InChI is InChI=1S/C6H18O2Si4/c1-11(2)7-9-5-6-10-8-12(3)4/h11-12H,5-6H2,1-4H3. The van der Waals surface area contributed by atoms with Crippen molar-refractivity contribution in [1.82, 2.24) is 0 Å². The molecule has 12 heavy (non-hydrogen) atoms. The van der Waals surface area contributed by atoms with Crippen LogP contribution in [0.1, 0.15) is 0 Å². The van der Waals surface area contributed by atoms with Crippen LogP contribution in [-0.2, 0) is 8.23 Å². The number of hydrogen-bond acceptors (Lipinski definition) is 2. The van der Waals surface area contributed by atoms with Crippen molar-refractivity contribution in [2.24, 2.45) is 0 Å². The van der Waals surface area contributed by atoms with Crippen molar-refractivity contribution < 1.29 is 8.23 Å². The molecule has 0 aromatic rings. The van der Waals surface area contributed by atoms with Crippen LogP contribution in [0.25, 0.3) is 0 Å². The summed E-state index contributed by atoms with van der Waals surface area (Å²) < 4.78 is 11.2. The van der Waals surface area contributed by atoms with Crippen molar-refractivity contribution in [2.45, 2.75) is 38.3 Å². The second kappa shape index (κ2) is 8.39. The maximum atomic E-state index is 5.58. The van der Waals surface area contributed by atoms with Gasteiger partial charge >= 0.3 is 0 Å². The Balaban J connectivity index is 2.91. The molecule has 0 aromatic carbocycles. The normalized spacial score (nSPS) is 11.5. The highest BCUT2D eigenvalue weighted by atomic mass is 28.4. The first-order valence-corrected chi connectivity index (χ1v) is 12.2. The molecule has 0 aliphatic carbocycles. The van der Waals surface area contributed by atoms with Gasteiger partial charge in [0, 0.05) is 0 Å². The molecule has 0 heterocycles. The molecular formula is C6H18O2Si4. The quantitative estimate of drug-likeness (QED) is 0.484. The fraction of sp³-hybridized carbons (Fsp3) is 1.00. The molecule has 0 spiro atoms. The maximum absolute atomic E-state index is 5.58. The van der Waals surface area contributed by atoms with E-state index in [-0.39, 0.29) is 0 Å². The van der Waals surface area contributed by atoms with E-state index in [2.05, 4.69) is 26.2 Å². The molecule has 0 saturated carbocycles. The molecule has 0 atom stereocenters. The highest BCUT2D eigenvalue weighted by Gasteiger charge is 1.99. The van der Waals surface area contributed by atoms with Gasteiger partial charge in [0.05, 0.1) is 0 Å². The average molecular weight is 235 g/mol. The molecule has 2 nitrogen and oxygen atoms in total. The minimum absolute atomic E-state index is 0.720. The molecule has 70 valence electrons. The minimum atomic E-state index is -0.759. The van der Waals surface area contributed by atoms with E-state index in [1.807, 2.05) is 0 Å². The maximum Gasteiger partial charge on any atom is 0.214 e. The zero-order valence-corrected chi connectivity index (χ0v) is 12.7. The van der Waals surface area contributed by atoms with Crippen LogP contribution >= 0.6 is 0 Å². The van der Waals surface area contributed by atoms with Gasteiger partial charge in [-0.3, -0.25) is 0 Å². The van der Waals surface area contributed by atoms with E-state index in [1.165, 1.54) is 12.1 Å².